The first kappa shape index (κ1) is 16.0. The van der Waals surface area contributed by atoms with Gasteiger partial charge in [0.05, 0.1) is 16.5 Å². The van der Waals surface area contributed by atoms with Gasteiger partial charge in [-0.1, -0.05) is 18.2 Å². The molecule has 0 aliphatic heterocycles. The molecule has 0 fully saturated rings. The number of amides is 1. The summed E-state index contributed by atoms with van der Waals surface area (Å²) in [6, 6.07) is 16.2. The zero-order valence-electron chi connectivity index (χ0n) is 13.9. The number of nitrogens with one attached hydrogen (secondary N) is 1. The number of carbonyl (C=O) groups excluding carboxylic acids is 1. The fraction of sp³-hybridized carbons (Fsp3) is 0.100. The highest BCUT2D eigenvalue weighted by atomic mass is 16.1. The molecule has 0 aliphatic carbocycles. The Hall–Kier alpha value is -3.54. The van der Waals surface area contributed by atoms with Gasteiger partial charge in [-0.05, 0) is 36.4 Å². The lowest BCUT2D eigenvalue weighted by molar-refractivity contribution is 0.0953. The second kappa shape index (κ2) is 6.76. The summed E-state index contributed by atoms with van der Waals surface area (Å²) in [6.07, 6.45) is 3.91. The van der Waals surface area contributed by atoms with Gasteiger partial charge < -0.3 is 5.32 Å². The van der Waals surface area contributed by atoms with E-state index in [1.807, 2.05) is 24.3 Å². The number of nitrogens with zero attached hydrogens (tertiary/aromatic N) is 3. The molecule has 6 nitrogen and oxygen atoms in total. The number of hydrogen-bond donors (Lipinski definition) is 1. The van der Waals surface area contributed by atoms with E-state index in [9.17, 15) is 9.59 Å². The standard InChI is InChI=1S/C20H16N4O2/c25-19(22-12-10-15-5-3-4-11-21-15)14-8-9-18-23-17-7-2-1-6-16(17)20(26)24(18)13-14/h1-9,11,13H,10,12H2,(H,22,25). The van der Waals surface area contributed by atoms with Crippen LogP contribution in [0.2, 0.25) is 0 Å². The van der Waals surface area contributed by atoms with Gasteiger partial charge in [0.1, 0.15) is 5.65 Å². The number of aromatic nitrogens is 3. The van der Waals surface area contributed by atoms with Crippen molar-refractivity contribution in [1.82, 2.24) is 19.7 Å². The predicted octanol–water partition coefficient (Wildman–Crippen LogP) is 2.22. The van der Waals surface area contributed by atoms with Crippen molar-refractivity contribution in [3.63, 3.8) is 0 Å². The summed E-state index contributed by atoms with van der Waals surface area (Å²) in [7, 11) is 0. The van der Waals surface area contributed by atoms with Crippen LogP contribution >= 0.6 is 0 Å². The molecular weight excluding hydrogens is 328 g/mol. The van der Waals surface area contributed by atoms with Gasteiger partial charge in [0.2, 0.25) is 0 Å². The van der Waals surface area contributed by atoms with E-state index >= 15 is 0 Å². The monoisotopic (exact) mass is 344 g/mol. The molecule has 0 radical (unpaired) electrons. The van der Waals surface area contributed by atoms with Crippen molar-refractivity contribution in [2.24, 2.45) is 0 Å². The minimum atomic E-state index is -0.233. The van der Waals surface area contributed by atoms with E-state index in [1.165, 1.54) is 10.6 Å². The molecule has 1 N–H and O–H groups in total. The maximum Gasteiger partial charge on any atom is 0.265 e. The molecule has 0 aliphatic rings. The summed E-state index contributed by atoms with van der Waals surface area (Å²) in [4.78, 5) is 33.7. The molecule has 4 rings (SSSR count). The molecular formula is C20H16N4O2. The van der Waals surface area contributed by atoms with E-state index in [1.54, 1.807) is 36.5 Å². The maximum absolute atomic E-state index is 12.6. The number of hydrogen-bond acceptors (Lipinski definition) is 4. The van der Waals surface area contributed by atoms with Crippen molar-refractivity contribution in [1.29, 1.82) is 0 Å². The summed E-state index contributed by atoms with van der Waals surface area (Å²) in [5, 5.41) is 3.38. The van der Waals surface area contributed by atoms with Crippen LogP contribution in [-0.2, 0) is 6.42 Å². The molecule has 0 saturated carbocycles. The third-order valence-corrected chi connectivity index (χ3v) is 4.17. The Labute approximate surface area is 149 Å². The number of para-hydroxylation sites is 1. The van der Waals surface area contributed by atoms with Gasteiger partial charge in [-0.2, -0.15) is 0 Å². The average molecular weight is 344 g/mol. The van der Waals surface area contributed by atoms with Crippen LogP contribution in [0.3, 0.4) is 0 Å². The first-order valence-corrected chi connectivity index (χ1v) is 8.32. The molecule has 26 heavy (non-hydrogen) atoms. The van der Waals surface area contributed by atoms with E-state index in [2.05, 4.69) is 15.3 Å². The van der Waals surface area contributed by atoms with Crippen LogP contribution in [-0.4, -0.2) is 26.8 Å². The van der Waals surface area contributed by atoms with Gasteiger partial charge in [0, 0.05) is 31.1 Å². The lowest BCUT2D eigenvalue weighted by Crippen LogP contribution is -2.27. The molecule has 4 aromatic rings. The highest BCUT2D eigenvalue weighted by Gasteiger charge is 2.09. The van der Waals surface area contributed by atoms with Crippen molar-refractivity contribution in [2.75, 3.05) is 6.54 Å². The highest BCUT2D eigenvalue weighted by Crippen LogP contribution is 2.10. The van der Waals surface area contributed by atoms with E-state index in [0.29, 0.717) is 35.1 Å². The van der Waals surface area contributed by atoms with Crippen LogP contribution in [0, 0.1) is 0 Å². The Balaban J connectivity index is 1.58. The quantitative estimate of drug-likeness (QED) is 0.576. The van der Waals surface area contributed by atoms with Crippen molar-refractivity contribution >= 4 is 22.5 Å². The Morgan fingerprint density at radius 2 is 1.88 bits per heavy atom. The molecule has 0 atom stereocenters. The van der Waals surface area contributed by atoms with Gasteiger partial charge in [-0.15, -0.1) is 0 Å². The van der Waals surface area contributed by atoms with Crippen LogP contribution in [0.4, 0.5) is 0 Å². The molecule has 0 spiro atoms. The fourth-order valence-electron chi connectivity index (χ4n) is 2.84. The summed E-state index contributed by atoms with van der Waals surface area (Å²) < 4.78 is 1.41. The van der Waals surface area contributed by atoms with Gasteiger partial charge in [-0.25, -0.2) is 4.98 Å². The summed E-state index contributed by atoms with van der Waals surface area (Å²) >= 11 is 0. The molecule has 0 saturated heterocycles. The number of fused-ring (bicyclic) bond motifs is 2. The second-order valence-electron chi connectivity index (χ2n) is 5.91. The number of pyridine rings is 2. The third kappa shape index (κ3) is 3.04. The fourth-order valence-corrected chi connectivity index (χ4v) is 2.84. The van der Waals surface area contributed by atoms with E-state index in [4.69, 9.17) is 0 Å². The third-order valence-electron chi connectivity index (χ3n) is 4.17. The Bertz CT molecular complexity index is 1150. The molecule has 0 bridgehead atoms. The zero-order valence-corrected chi connectivity index (χ0v) is 13.9. The van der Waals surface area contributed by atoms with Crippen molar-refractivity contribution in [3.8, 4) is 0 Å². The Morgan fingerprint density at radius 1 is 1.04 bits per heavy atom. The van der Waals surface area contributed by atoms with Crippen LogP contribution in [0.15, 0.2) is 71.8 Å². The first-order valence-electron chi connectivity index (χ1n) is 8.32. The van der Waals surface area contributed by atoms with Gasteiger partial charge in [0.15, 0.2) is 0 Å². The normalized spacial score (nSPS) is 10.9. The van der Waals surface area contributed by atoms with E-state index in [-0.39, 0.29) is 11.5 Å². The van der Waals surface area contributed by atoms with E-state index < -0.39 is 0 Å². The van der Waals surface area contributed by atoms with Gasteiger partial charge >= 0.3 is 0 Å². The van der Waals surface area contributed by atoms with Crippen LogP contribution in [0.5, 0.6) is 0 Å². The number of benzene rings is 1. The van der Waals surface area contributed by atoms with Gasteiger partial charge in [0.25, 0.3) is 11.5 Å². The second-order valence-corrected chi connectivity index (χ2v) is 5.91. The summed E-state index contributed by atoms with van der Waals surface area (Å²) in [6.45, 7) is 0.471. The van der Waals surface area contributed by atoms with Crippen molar-refractivity contribution < 1.29 is 4.79 Å². The van der Waals surface area contributed by atoms with E-state index in [0.717, 1.165) is 5.69 Å². The average Bonchev–Trinajstić information content (AvgIpc) is 2.69. The first-order chi connectivity index (χ1) is 12.7. The molecule has 6 heteroatoms. The zero-order chi connectivity index (χ0) is 17.9. The molecule has 1 amide bonds. The van der Waals surface area contributed by atoms with Crippen molar-refractivity contribution in [3.05, 3.63) is 88.6 Å². The molecule has 3 heterocycles. The Kier molecular flexibility index (Phi) is 4.15. The van der Waals surface area contributed by atoms with Crippen molar-refractivity contribution in [2.45, 2.75) is 6.42 Å². The SMILES string of the molecule is O=C(NCCc1ccccn1)c1ccc2nc3ccccc3c(=O)n2c1. The molecule has 1 aromatic carbocycles. The maximum atomic E-state index is 12.6. The Morgan fingerprint density at radius 3 is 2.73 bits per heavy atom. The van der Waals surface area contributed by atoms with Gasteiger partial charge in [-0.3, -0.25) is 19.0 Å². The highest BCUT2D eigenvalue weighted by molar-refractivity contribution is 5.94. The number of carbonyl (C=O) groups is 1. The molecule has 0 unspecified atom stereocenters. The van der Waals surface area contributed by atoms with Crippen LogP contribution in [0.25, 0.3) is 16.6 Å². The topological polar surface area (TPSA) is 76.4 Å². The van der Waals surface area contributed by atoms with Crippen LogP contribution < -0.4 is 10.9 Å². The predicted molar refractivity (Wildman–Crippen MR) is 99.2 cm³/mol. The minimum absolute atomic E-state index is 0.186. The minimum Gasteiger partial charge on any atom is -0.352 e. The summed E-state index contributed by atoms with van der Waals surface area (Å²) in [5.41, 5.74) is 2.30. The lowest BCUT2D eigenvalue weighted by Gasteiger charge is -2.07. The molecule has 3 aromatic heterocycles. The number of rotatable bonds is 4. The lowest BCUT2D eigenvalue weighted by atomic mass is 10.2. The molecule has 128 valence electrons. The summed E-state index contributed by atoms with van der Waals surface area (Å²) in [5.74, 6) is -0.233. The smallest absolute Gasteiger partial charge is 0.265 e. The van der Waals surface area contributed by atoms with Crippen LogP contribution in [0.1, 0.15) is 16.1 Å². The largest absolute Gasteiger partial charge is 0.352 e.